The van der Waals surface area contributed by atoms with E-state index in [2.05, 4.69) is 15.3 Å². The van der Waals surface area contributed by atoms with Gasteiger partial charge in [-0.05, 0) is 13.8 Å². The summed E-state index contributed by atoms with van der Waals surface area (Å²) < 4.78 is 18.4. The third kappa shape index (κ3) is 2.15. The van der Waals surface area contributed by atoms with Gasteiger partial charge >= 0.3 is 6.01 Å². The van der Waals surface area contributed by atoms with Crippen LogP contribution in [0.5, 0.6) is 6.01 Å². The lowest BCUT2D eigenvalue weighted by molar-refractivity contribution is 0.102. The number of anilines is 1. The molecule has 94 valence electrons. The van der Waals surface area contributed by atoms with Crippen LogP contribution in [0.25, 0.3) is 0 Å². The van der Waals surface area contributed by atoms with Crippen molar-refractivity contribution in [1.82, 2.24) is 9.97 Å². The smallest absolute Gasteiger partial charge is 0.316 e. The maximum absolute atomic E-state index is 13.3. The minimum atomic E-state index is -0.833. The van der Waals surface area contributed by atoms with Crippen LogP contribution in [0.1, 0.15) is 21.7 Å². The van der Waals surface area contributed by atoms with E-state index in [0.29, 0.717) is 16.9 Å². The van der Waals surface area contributed by atoms with E-state index in [-0.39, 0.29) is 5.82 Å². The largest absolute Gasteiger partial charge is 0.479 e. The molecular formula is C11H10FN3O3. The molecule has 0 saturated carbocycles. The molecule has 2 aromatic rings. The zero-order valence-electron chi connectivity index (χ0n) is 9.69. The normalized spacial score (nSPS) is 10.4. The second-order valence-corrected chi connectivity index (χ2v) is 3.67. The van der Waals surface area contributed by atoms with Crippen LogP contribution in [0.15, 0.2) is 16.9 Å². The van der Waals surface area contributed by atoms with Gasteiger partial charge in [0.15, 0.2) is 11.6 Å². The molecule has 18 heavy (non-hydrogen) atoms. The Morgan fingerprint density at radius 1 is 1.50 bits per heavy atom. The monoisotopic (exact) mass is 251 g/mol. The van der Waals surface area contributed by atoms with Crippen LogP contribution in [-0.2, 0) is 0 Å². The summed E-state index contributed by atoms with van der Waals surface area (Å²) in [5.74, 6) is -1.35. The van der Waals surface area contributed by atoms with Crippen molar-refractivity contribution in [2.45, 2.75) is 13.8 Å². The maximum atomic E-state index is 13.3. The molecule has 0 unspecified atom stereocenters. The summed E-state index contributed by atoms with van der Waals surface area (Å²) in [7, 11) is 0. The number of hydrogen-bond donors (Lipinski definition) is 2. The second kappa shape index (κ2) is 4.44. The predicted octanol–water partition coefficient (Wildman–Crippen LogP) is 1.78. The molecule has 1 amide bonds. The molecule has 7 heteroatoms. The average Bonchev–Trinajstić information content (AvgIpc) is 2.63. The number of nitrogens with one attached hydrogen (secondary N) is 1. The zero-order valence-corrected chi connectivity index (χ0v) is 9.69. The average molecular weight is 251 g/mol. The van der Waals surface area contributed by atoms with Gasteiger partial charge in [-0.3, -0.25) is 4.79 Å². The van der Waals surface area contributed by atoms with Crippen LogP contribution in [-0.4, -0.2) is 21.0 Å². The molecule has 0 aliphatic heterocycles. The number of aromatic hydroxyl groups is 1. The molecule has 2 aromatic heterocycles. The van der Waals surface area contributed by atoms with Gasteiger partial charge in [0.25, 0.3) is 5.91 Å². The Balaban J connectivity index is 2.30. The van der Waals surface area contributed by atoms with Gasteiger partial charge in [-0.2, -0.15) is 4.98 Å². The van der Waals surface area contributed by atoms with Crippen LogP contribution < -0.4 is 5.32 Å². The number of aromatic nitrogens is 2. The summed E-state index contributed by atoms with van der Waals surface area (Å²) in [6, 6.07) is -0.618. The maximum Gasteiger partial charge on any atom is 0.316 e. The van der Waals surface area contributed by atoms with Gasteiger partial charge in [0.2, 0.25) is 0 Å². The van der Waals surface area contributed by atoms with E-state index in [1.807, 2.05) is 0 Å². The first kappa shape index (κ1) is 12.0. The Kier molecular flexibility index (Phi) is 2.97. The lowest BCUT2D eigenvalue weighted by Crippen LogP contribution is -2.15. The summed E-state index contributed by atoms with van der Waals surface area (Å²) in [6.07, 6.45) is 2.20. The summed E-state index contributed by atoms with van der Waals surface area (Å²) in [4.78, 5) is 18.5. The molecule has 0 aliphatic rings. The number of halogens is 1. The van der Waals surface area contributed by atoms with Crippen LogP contribution in [0.3, 0.4) is 0 Å². The van der Waals surface area contributed by atoms with Gasteiger partial charge in [-0.15, -0.1) is 0 Å². The number of amides is 1. The Morgan fingerprint density at radius 3 is 2.83 bits per heavy atom. The fraction of sp³-hybridized carbons (Fsp3) is 0.182. The highest BCUT2D eigenvalue weighted by molar-refractivity contribution is 6.05. The predicted molar refractivity (Wildman–Crippen MR) is 59.8 cm³/mol. The number of rotatable bonds is 2. The summed E-state index contributed by atoms with van der Waals surface area (Å²) in [6.45, 7) is 3.31. The molecule has 2 heterocycles. The van der Waals surface area contributed by atoms with Crippen molar-refractivity contribution in [2.75, 3.05) is 5.32 Å². The molecule has 0 aliphatic carbocycles. The van der Waals surface area contributed by atoms with Gasteiger partial charge in [0.1, 0.15) is 5.76 Å². The SMILES string of the molecule is Cc1coc(C)c1C(=O)Nc1nc(O)ncc1F. The van der Waals surface area contributed by atoms with Crippen molar-refractivity contribution < 1.29 is 18.7 Å². The van der Waals surface area contributed by atoms with E-state index in [9.17, 15) is 9.18 Å². The molecule has 0 radical (unpaired) electrons. The van der Waals surface area contributed by atoms with E-state index < -0.39 is 17.7 Å². The fourth-order valence-corrected chi connectivity index (χ4v) is 1.53. The quantitative estimate of drug-likeness (QED) is 0.849. The fourth-order valence-electron chi connectivity index (χ4n) is 1.53. The molecular weight excluding hydrogens is 241 g/mol. The van der Waals surface area contributed by atoms with Gasteiger partial charge in [-0.1, -0.05) is 0 Å². The first-order valence-corrected chi connectivity index (χ1v) is 5.06. The van der Waals surface area contributed by atoms with Gasteiger partial charge in [-0.25, -0.2) is 9.37 Å². The van der Waals surface area contributed by atoms with Crippen LogP contribution in [0.4, 0.5) is 10.2 Å². The van der Waals surface area contributed by atoms with Crippen molar-refractivity contribution >= 4 is 11.7 Å². The first-order chi connectivity index (χ1) is 8.49. The molecule has 6 nitrogen and oxygen atoms in total. The topological polar surface area (TPSA) is 88.2 Å². The number of carbonyl (C=O) groups is 1. The van der Waals surface area contributed by atoms with Crippen molar-refractivity contribution in [1.29, 1.82) is 0 Å². The molecule has 2 N–H and O–H groups in total. The van der Waals surface area contributed by atoms with E-state index in [1.165, 1.54) is 6.26 Å². The second-order valence-electron chi connectivity index (χ2n) is 3.67. The van der Waals surface area contributed by atoms with E-state index in [1.54, 1.807) is 13.8 Å². The number of hydrogen-bond acceptors (Lipinski definition) is 5. The summed E-state index contributed by atoms with van der Waals surface area (Å²) in [5, 5.41) is 11.3. The van der Waals surface area contributed by atoms with Crippen LogP contribution in [0.2, 0.25) is 0 Å². The number of carbonyl (C=O) groups excluding carboxylic acids is 1. The summed E-state index contributed by atoms with van der Waals surface area (Å²) >= 11 is 0. The standard InChI is InChI=1S/C11H10FN3O3/c1-5-4-18-6(2)8(5)10(16)14-9-7(12)3-13-11(17)15-9/h3-4H,1-2H3,(H2,13,14,15,16,17). The van der Waals surface area contributed by atoms with Gasteiger partial charge in [0.05, 0.1) is 18.0 Å². The zero-order chi connectivity index (χ0) is 13.3. The minimum absolute atomic E-state index is 0.313. The number of aryl methyl sites for hydroxylation is 2. The lowest BCUT2D eigenvalue weighted by atomic mass is 10.1. The Bertz CT molecular complexity index is 590. The van der Waals surface area contributed by atoms with Crippen molar-refractivity contribution in [3.8, 4) is 6.01 Å². The van der Waals surface area contributed by atoms with E-state index >= 15 is 0 Å². The van der Waals surface area contributed by atoms with Crippen LogP contribution in [0, 0.1) is 19.7 Å². The first-order valence-electron chi connectivity index (χ1n) is 5.06. The molecule has 0 saturated heterocycles. The minimum Gasteiger partial charge on any atom is -0.479 e. The van der Waals surface area contributed by atoms with Crippen molar-refractivity contribution in [3.05, 3.63) is 35.2 Å². The Morgan fingerprint density at radius 2 is 2.22 bits per heavy atom. The third-order valence-electron chi connectivity index (χ3n) is 2.35. The van der Waals surface area contributed by atoms with E-state index in [0.717, 1.165) is 6.20 Å². The molecule has 0 fully saturated rings. The molecule has 0 spiro atoms. The Labute approximate surface area is 101 Å². The molecule has 2 rings (SSSR count). The highest BCUT2D eigenvalue weighted by atomic mass is 19.1. The van der Waals surface area contributed by atoms with Gasteiger partial charge < -0.3 is 14.8 Å². The van der Waals surface area contributed by atoms with Crippen molar-refractivity contribution in [2.24, 2.45) is 0 Å². The lowest BCUT2D eigenvalue weighted by Gasteiger charge is -2.05. The van der Waals surface area contributed by atoms with E-state index in [4.69, 9.17) is 9.52 Å². The molecule has 0 atom stereocenters. The van der Waals surface area contributed by atoms with Crippen LogP contribution >= 0.6 is 0 Å². The number of furan rings is 1. The molecule has 0 aromatic carbocycles. The summed E-state index contributed by atoms with van der Waals surface area (Å²) in [5.41, 5.74) is 0.941. The molecule has 0 bridgehead atoms. The number of nitrogens with zero attached hydrogens (tertiary/aromatic N) is 2. The highest BCUT2D eigenvalue weighted by Gasteiger charge is 2.18. The third-order valence-corrected chi connectivity index (χ3v) is 2.35. The van der Waals surface area contributed by atoms with Gasteiger partial charge in [0, 0.05) is 5.56 Å². The van der Waals surface area contributed by atoms with Crippen molar-refractivity contribution in [3.63, 3.8) is 0 Å². The Hall–Kier alpha value is -2.44. The highest BCUT2D eigenvalue weighted by Crippen LogP contribution is 2.18.